The van der Waals surface area contributed by atoms with Gasteiger partial charge in [-0.15, -0.1) is 0 Å². The topological polar surface area (TPSA) is 50.1 Å². The van der Waals surface area contributed by atoms with E-state index >= 15 is 0 Å². The number of hydrogen-bond donors (Lipinski definition) is 0. The van der Waals surface area contributed by atoms with Crippen LogP contribution in [0.2, 0.25) is 10.0 Å². The normalized spacial score (nSPS) is 9.56. The highest BCUT2D eigenvalue weighted by Gasteiger charge is 2.04. The summed E-state index contributed by atoms with van der Waals surface area (Å²) < 4.78 is 5.29. The molecule has 0 aliphatic rings. The molecule has 0 spiro atoms. The first-order chi connectivity index (χ1) is 7.63. The number of benzene rings is 1. The van der Waals surface area contributed by atoms with Gasteiger partial charge in [0.2, 0.25) is 0 Å². The van der Waals surface area contributed by atoms with Gasteiger partial charge in [0.1, 0.15) is 11.5 Å². The van der Waals surface area contributed by atoms with Crippen molar-refractivity contribution < 1.29 is 9.53 Å². The van der Waals surface area contributed by atoms with Gasteiger partial charge in [0.15, 0.2) is 0 Å². The molecular formula is C11H9Cl2NO2. The van der Waals surface area contributed by atoms with Gasteiger partial charge in [-0.05, 0) is 18.2 Å². The Bertz CT molecular complexity index is 426. The third-order valence-electron chi connectivity index (χ3n) is 1.81. The van der Waals surface area contributed by atoms with Gasteiger partial charge >= 0.3 is 0 Å². The number of halogens is 2. The fourth-order valence-electron chi connectivity index (χ4n) is 1.04. The van der Waals surface area contributed by atoms with Crippen LogP contribution in [-0.4, -0.2) is 12.4 Å². The van der Waals surface area contributed by atoms with Gasteiger partial charge in [-0.3, -0.25) is 4.79 Å². The molecule has 3 nitrogen and oxygen atoms in total. The van der Waals surface area contributed by atoms with Crippen molar-refractivity contribution in [1.29, 1.82) is 5.26 Å². The van der Waals surface area contributed by atoms with Crippen LogP contribution in [0, 0.1) is 11.3 Å². The van der Waals surface area contributed by atoms with Crippen molar-refractivity contribution >= 4 is 29.0 Å². The zero-order chi connectivity index (χ0) is 12.0. The van der Waals surface area contributed by atoms with E-state index in [0.29, 0.717) is 15.8 Å². The number of Topliss-reactive ketones (excluding diaryl/α,β-unsaturated/α-hetero) is 1. The molecule has 16 heavy (non-hydrogen) atoms. The highest BCUT2D eigenvalue weighted by Crippen LogP contribution is 2.27. The van der Waals surface area contributed by atoms with E-state index in [0.717, 1.165) is 0 Å². The van der Waals surface area contributed by atoms with E-state index in [1.54, 1.807) is 24.3 Å². The Morgan fingerprint density at radius 3 is 2.81 bits per heavy atom. The van der Waals surface area contributed by atoms with Crippen molar-refractivity contribution in [1.82, 2.24) is 0 Å². The van der Waals surface area contributed by atoms with E-state index in [9.17, 15) is 4.79 Å². The van der Waals surface area contributed by atoms with Gasteiger partial charge in [0, 0.05) is 11.4 Å². The lowest BCUT2D eigenvalue weighted by molar-refractivity contribution is -0.118. The average molecular weight is 258 g/mol. The van der Waals surface area contributed by atoms with Crippen LogP contribution in [-0.2, 0) is 4.79 Å². The fraction of sp³-hybridized carbons (Fsp3) is 0.273. The average Bonchev–Trinajstić information content (AvgIpc) is 2.22. The number of ketones is 1. The number of ether oxygens (including phenoxy) is 1. The molecule has 0 radical (unpaired) electrons. The second-order valence-corrected chi connectivity index (χ2v) is 3.89. The van der Waals surface area contributed by atoms with E-state index in [-0.39, 0.29) is 25.2 Å². The van der Waals surface area contributed by atoms with Crippen LogP contribution in [0.15, 0.2) is 18.2 Å². The number of hydrogen-bond acceptors (Lipinski definition) is 3. The molecule has 0 saturated carbocycles. The Hall–Kier alpha value is -1.24. The molecular weight excluding hydrogens is 249 g/mol. The van der Waals surface area contributed by atoms with Crippen molar-refractivity contribution in [3.8, 4) is 11.8 Å². The number of carbonyl (C=O) groups is 1. The number of nitrogens with zero attached hydrogens (tertiary/aromatic N) is 1. The largest absolute Gasteiger partial charge is 0.492 e. The summed E-state index contributed by atoms with van der Waals surface area (Å²) >= 11 is 11.6. The smallest absolute Gasteiger partial charge is 0.150 e. The van der Waals surface area contributed by atoms with E-state index in [1.165, 1.54) is 0 Å². The predicted octanol–water partition coefficient (Wildman–Crippen LogP) is 3.25. The summed E-state index contributed by atoms with van der Waals surface area (Å²) in [6.45, 7) is 0.210. The maximum absolute atomic E-state index is 11.0. The molecule has 0 fully saturated rings. The van der Waals surface area contributed by atoms with E-state index < -0.39 is 0 Å². The van der Waals surface area contributed by atoms with Crippen molar-refractivity contribution in [2.45, 2.75) is 12.8 Å². The second kappa shape index (κ2) is 6.37. The summed E-state index contributed by atoms with van der Waals surface area (Å²) in [4.78, 5) is 11.0. The summed E-state index contributed by atoms with van der Waals surface area (Å²) in [5.74, 6) is 0.336. The lowest BCUT2D eigenvalue weighted by Gasteiger charge is -2.06. The van der Waals surface area contributed by atoms with Crippen LogP contribution in [0.5, 0.6) is 5.75 Å². The molecule has 1 aromatic carbocycles. The van der Waals surface area contributed by atoms with Crippen LogP contribution in [0.25, 0.3) is 0 Å². The van der Waals surface area contributed by atoms with Crippen molar-refractivity contribution in [2.75, 3.05) is 6.61 Å². The number of rotatable bonds is 5. The minimum absolute atomic E-state index is 0.0856. The van der Waals surface area contributed by atoms with Gasteiger partial charge < -0.3 is 4.74 Å². The first kappa shape index (κ1) is 12.8. The van der Waals surface area contributed by atoms with Crippen molar-refractivity contribution in [3.63, 3.8) is 0 Å². The van der Waals surface area contributed by atoms with Gasteiger partial charge in [0.05, 0.1) is 24.1 Å². The SMILES string of the molecule is N#CCC(=O)CCOc1ccc(Cl)cc1Cl. The van der Waals surface area contributed by atoms with Crippen LogP contribution in [0.3, 0.4) is 0 Å². The van der Waals surface area contributed by atoms with E-state index in [2.05, 4.69) is 0 Å². The van der Waals surface area contributed by atoms with Crippen LogP contribution in [0.4, 0.5) is 0 Å². The van der Waals surface area contributed by atoms with Crippen LogP contribution in [0.1, 0.15) is 12.8 Å². The molecule has 0 N–H and O–H groups in total. The summed E-state index contributed by atoms with van der Waals surface area (Å²) in [5.41, 5.74) is 0. The maximum Gasteiger partial charge on any atom is 0.150 e. The van der Waals surface area contributed by atoms with Crippen molar-refractivity contribution in [2.24, 2.45) is 0 Å². The summed E-state index contributed by atoms with van der Waals surface area (Å²) in [6.07, 6.45) is 0.115. The molecule has 0 aliphatic carbocycles. The second-order valence-electron chi connectivity index (χ2n) is 3.05. The molecule has 0 unspecified atom stereocenters. The van der Waals surface area contributed by atoms with Gasteiger partial charge in [-0.1, -0.05) is 23.2 Å². The Morgan fingerprint density at radius 2 is 2.19 bits per heavy atom. The Morgan fingerprint density at radius 1 is 1.44 bits per heavy atom. The molecule has 0 aromatic heterocycles. The number of nitriles is 1. The summed E-state index contributed by atoms with van der Waals surface area (Å²) in [5, 5.41) is 9.21. The molecule has 1 rings (SSSR count). The van der Waals surface area contributed by atoms with E-state index in [1.807, 2.05) is 0 Å². The highest BCUT2D eigenvalue weighted by molar-refractivity contribution is 6.35. The van der Waals surface area contributed by atoms with Crippen molar-refractivity contribution in [3.05, 3.63) is 28.2 Å². The molecule has 0 heterocycles. The zero-order valence-electron chi connectivity index (χ0n) is 8.37. The highest BCUT2D eigenvalue weighted by atomic mass is 35.5. The maximum atomic E-state index is 11.0. The fourth-order valence-corrected chi connectivity index (χ4v) is 1.51. The molecule has 1 aromatic rings. The third-order valence-corrected chi connectivity index (χ3v) is 2.34. The van der Waals surface area contributed by atoms with Crippen LogP contribution < -0.4 is 4.74 Å². The number of carbonyl (C=O) groups excluding carboxylic acids is 1. The summed E-state index contributed by atoms with van der Waals surface area (Å²) in [6, 6.07) is 6.64. The molecule has 84 valence electrons. The Labute approximate surface area is 104 Å². The van der Waals surface area contributed by atoms with E-state index in [4.69, 9.17) is 33.2 Å². The Kier molecular flexibility index (Phi) is 5.10. The molecule has 0 bridgehead atoms. The van der Waals surface area contributed by atoms with Gasteiger partial charge in [0.25, 0.3) is 0 Å². The Balaban J connectivity index is 2.44. The molecule has 0 atom stereocenters. The quantitative estimate of drug-likeness (QED) is 0.814. The summed E-state index contributed by atoms with van der Waals surface area (Å²) in [7, 11) is 0. The lowest BCUT2D eigenvalue weighted by Crippen LogP contribution is -2.05. The first-order valence-electron chi connectivity index (χ1n) is 4.60. The minimum Gasteiger partial charge on any atom is -0.492 e. The van der Waals surface area contributed by atoms with Gasteiger partial charge in [-0.2, -0.15) is 5.26 Å². The standard InChI is InChI=1S/C11H9Cl2NO2/c12-8-1-2-11(10(13)7-8)16-6-4-9(15)3-5-14/h1-2,7H,3-4,6H2. The lowest BCUT2D eigenvalue weighted by atomic mass is 10.2. The minimum atomic E-state index is -0.146. The van der Waals surface area contributed by atoms with Gasteiger partial charge in [-0.25, -0.2) is 0 Å². The molecule has 5 heteroatoms. The molecule has 0 amide bonds. The zero-order valence-corrected chi connectivity index (χ0v) is 9.88. The first-order valence-corrected chi connectivity index (χ1v) is 5.35. The predicted molar refractivity (Wildman–Crippen MR) is 61.8 cm³/mol. The molecule has 0 aliphatic heterocycles. The third kappa shape index (κ3) is 4.09. The monoisotopic (exact) mass is 257 g/mol. The van der Waals surface area contributed by atoms with Crippen LogP contribution >= 0.6 is 23.2 Å². The molecule has 0 saturated heterocycles.